The van der Waals surface area contributed by atoms with Crippen LogP contribution in [-0.4, -0.2) is 34.2 Å². The van der Waals surface area contributed by atoms with Crippen molar-refractivity contribution in [2.45, 2.75) is 25.4 Å². The second-order valence-electron chi connectivity index (χ2n) is 7.18. The van der Waals surface area contributed by atoms with E-state index in [0.717, 1.165) is 36.1 Å². The van der Waals surface area contributed by atoms with Gasteiger partial charge in [-0.05, 0) is 61.3 Å². The summed E-state index contributed by atoms with van der Waals surface area (Å²) in [5, 5.41) is 13.1. The number of aromatic amines is 1. The number of nitrogens with zero attached hydrogens (tertiary/aromatic N) is 2. The first-order chi connectivity index (χ1) is 12.8. The van der Waals surface area contributed by atoms with Gasteiger partial charge in [-0.15, -0.1) is 0 Å². The molecule has 0 radical (unpaired) electrons. The molecular formula is C21H22N4O. The van der Waals surface area contributed by atoms with E-state index >= 15 is 0 Å². The highest BCUT2D eigenvalue weighted by atomic mass is 16.3. The molecule has 3 heterocycles. The molecule has 1 aliphatic rings. The molecular weight excluding hydrogens is 324 g/mol. The van der Waals surface area contributed by atoms with E-state index in [9.17, 15) is 0 Å². The van der Waals surface area contributed by atoms with Crippen molar-refractivity contribution in [1.82, 2.24) is 15.1 Å². The van der Waals surface area contributed by atoms with Crippen molar-refractivity contribution in [2.24, 2.45) is 0 Å². The van der Waals surface area contributed by atoms with Crippen LogP contribution in [0.25, 0.3) is 21.9 Å². The van der Waals surface area contributed by atoms with Gasteiger partial charge in [0, 0.05) is 35.6 Å². The lowest BCUT2D eigenvalue weighted by molar-refractivity contribution is 0.208. The van der Waals surface area contributed by atoms with Crippen LogP contribution in [0.2, 0.25) is 0 Å². The Bertz CT molecular complexity index is 953. The van der Waals surface area contributed by atoms with E-state index in [2.05, 4.69) is 56.8 Å². The number of nitrogens with one attached hydrogen (secondary N) is 2. The maximum absolute atomic E-state index is 5.44. The fraction of sp³-hybridized carbons (Fsp3) is 0.286. The zero-order valence-corrected chi connectivity index (χ0v) is 14.6. The van der Waals surface area contributed by atoms with Crippen molar-refractivity contribution in [2.75, 3.05) is 18.4 Å². The van der Waals surface area contributed by atoms with Crippen LogP contribution in [0.5, 0.6) is 0 Å². The average Bonchev–Trinajstić information content (AvgIpc) is 3.30. The summed E-state index contributed by atoms with van der Waals surface area (Å²) in [4.78, 5) is 2.54. The molecule has 2 N–H and O–H groups in total. The van der Waals surface area contributed by atoms with Crippen molar-refractivity contribution in [3.05, 3.63) is 60.5 Å². The summed E-state index contributed by atoms with van der Waals surface area (Å²) in [5.41, 5.74) is 4.56. The Morgan fingerprint density at radius 3 is 3.15 bits per heavy atom. The van der Waals surface area contributed by atoms with Crippen molar-refractivity contribution < 1.29 is 4.42 Å². The van der Waals surface area contributed by atoms with E-state index in [4.69, 9.17) is 4.42 Å². The number of fused-ring (bicyclic) bond motifs is 2. The molecule has 5 heteroatoms. The molecule has 2 aromatic carbocycles. The van der Waals surface area contributed by atoms with Gasteiger partial charge in [-0.25, -0.2) is 0 Å². The highest BCUT2D eigenvalue weighted by Crippen LogP contribution is 2.22. The summed E-state index contributed by atoms with van der Waals surface area (Å²) >= 11 is 0. The fourth-order valence-electron chi connectivity index (χ4n) is 3.96. The van der Waals surface area contributed by atoms with E-state index in [0.29, 0.717) is 6.04 Å². The second kappa shape index (κ2) is 6.50. The molecule has 5 nitrogen and oxygen atoms in total. The van der Waals surface area contributed by atoms with Gasteiger partial charge in [0.15, 0.2) is 0 Å². The molecule has 1 fully saturated rings. The Kier molecular flexibility index (Phi) is 3.87. The number of likely N-dealkylation sites (tertiary alicyclic amines) is 1. The highest BCUT2D eigenvalue weighted by Gasteiger charge is 2.20. The Balaban J connectivity index is 1.26. The predicted octanol–water partition coefficient (Wildman–Crippen LogP) is 4.39. The van der Waals surface area contributed by atoms with Crippen molar-refractivity contribution >= 4 is 27.6 Å². The lowest BCUT2D eigenvalue weighted by Crippen LogP contribution is -2.41. The quantitative estimate of drug-likeness (QED) is 0.575. The minimum absolute atomic E-state index is 0.478. The number of rotatable bonds is 4. The zero-order chi connectivity index (χ0) is 17.3. The average molecular weight is 346 g/mol. The molecule has 0 amide bonds. The normalized spacial score (nSPS) is 18.5. The first-order valence-corrected chi connectivity index (χ1v) is 9.22. The van der Waals surface area contributed by atoms with E-state index in [1.54, 1.807) is 6.26 Å². The zero-order valence-electron chi connectivity index (χ0n) is 14.6. The van der Waals surface area contributed by atoms with Crippen LogP contribution < -0.4 is 5.32 Å². The number of benzene rings is 2. The molecule has 1 atom stereocenters. The van der Waals surface area contributed by atoms with Gasteiger partial charge in [0.2, 0.25) is 0 Å². The maximum Gasteiger partial charge on any atom is 0.133 e. The van der Waals surface area contributed by atoms with Gasteiger partial charge >= 0.3 is 0 Å². The Hall–Kier alpha value is -2.79. The van der Waals surface area contributed by atoms with Crippen LogP contribution >= 0.6 is 0 Å². The van der Waals surface area contributed by atoms with Gasteiger partial charge in [-0.2, -0.15) is 5.10 Å². The number of piperidine rings is 1. The number of furan rings is 1. The van der Waals surface area contributed by atoms with Gasteiger partial charge in [0.1, 0.15) is 5.58 Å². The second-order valence-corrected chi connectivity index (χ2v) is 7.18. The Labute approximate surface area is 152 Å². The van der Waals surface area contributed by atoms with Crippen molar-refractivity contribution in [3.8, 4) is 0 Å². The third kappa shape index (κ3) is 3.06. The third-order valence-electron chi connectivity index (χ3n) is 5.24. The fourth-order valence-corrected chi connectivity index (χ4v) is 3.96. The van der Waals surface area contributed by atoms with Gasteiger partial charge in [-0.1, -0.05) is 6.07 Å². The topological polar surface area (TPSA) is 57.1 Å². The van der Waals surface area contributed by atoms with E-state index in [-0.39, 0.29) is 0 Å². The minimum Gasteiger partial charge on any atom is -0.464 e. The molecule has 0 spiro atoms. The predicted molar refractivity (Wildman–Crippen MR) is 104 cm³/mol. The van der Waals surface area contributed by atoms with Crippen molar-refractivity contribution in [1.29, 1.82) is 0 Å². The van der Waals surface area contributed by atoms with Gasteiger partial charge in [0.05, 0.1) is 18.0 Å². The minimum atomic E-state index is 0.478. The molecule has 4 aromatic rings. The van der Waals surface area contributed by atoms with Crippen molar-refractivity contribution in [3.63, 3.8) is 0 Å². The smallest absolute Gasteiger partial charge is 0.133 e. The molecule has 1 aliphatic heterocycles. The van der Waals surface area contributed by atoms with E-state index in [1.165, 1.54) is 29.5 Å². The molecule has 1 saturated heterocycles. The molecule has 132 valence electrons. The molecule has 1 unspecified atom stereocenters. The van der Waals surface area contributed by atoms with Crippen LogP contribution in [0.15, 0.2) is 59.3 Å². The number of aromatic nitrogens is 2. The van der Waals surface area contributed by atoms with E-state index in [1.807, 2.05) is 12.3 Å². The molecule has 0 bridgehead atoms. The number of hydrogen-bond donors (Lipinski definition) is 2. The lowest BCUT2D eigenvalue weighted by atomic mass is 10.0. The Morgan fingerprint density at radius 1 is 1.15 bits per heavy atom. The van der Waals surface area contributed by atoms with Gasteiger partial charge < -0.3 is 9.73 Å². The summed E-state index contributed by atoms with van der Waals surface area (Å²) < 4.78 is 5.44. The number of H-pyrrole nitrogens is 1. The van der Waals surface area contributed by atoms with Gasteiger partial charge in [-0.3, -0.25) is 10.00 Å². The summed E-state index contributed by atoms with van der Waals surface area (Å²) in [7, 11) is 0. The largest absolute Gasteiger partial charge is 0.464 e. The van der Waals surface area contributed by atoms with Crippen LogP contribution in [0.1, 0.15) is 18.4 Å². The first kappa shape index (κ1) is 15.5. The SMILES string of the molecule is c1cc2cc(CN3CCCC(Nc4ccc5[nH]ncc5c4)C3)ccc2o1. The highest BCUT2D eigenvalue weighted by molar-refractivity contribution is 5.81. The molecule has 0 saturated carbocycles. The molecule has 26 heavy (non-hydrogen) atoms. The van der Waals surface area contributed by atoms with Crippen LogP contribution in [0, 0.1) is 0 Å². The van der Waals surface area contributed by atoms with Crippen LogP contribution in [-0.2, 0) is 6.54 Å². The molecule has 0 aliphatic carbocycles. The number of hydrogen-bond acceptors (Lipinski definition) is 4. The first-order valence-electron chi connectivity index (χ1n) is 9.22. The third-order valence-corrected chi connectivity index (χ3v) is 5.24. The summed E-state index contributed by atoms with van der Waals surface area (Å²) in [5.74, 6) is 0. The number of anilines is 1. The molecule has 2 aromatic heterocycles. The van der Waals surface area contributed by atoms with Gasteiger partial charge in [0.25, 0.3) is 0 Å². The van der Waals surface area contributed by atoms with Crippen LogP contribution in [0.3, 0.4) is 0 Å². The standard InChI is InChI=1S/C21H22N4O/c1-2-19(23-18-4-5-20-17(11-18)12-22-24-20)14-25(8-1)13-15-3-6-21-16(10-15)7-9-26-21/h3-7,9-12,19,23H,1-2,8,13-14H2,(H,22,24). The maximum atomic E-state index is 5.44. The summed E-state index contributed by atoms with van der Waals surface area (Å²) in [6.07, 6.45) is 6.06. The Morgan fingerprint density at radius 2 is 2.15 bits per heavy atom. The van der Waals surface area contributed by atoms with Crippen LogP contribution in [0.4, 0.5) is 5.69 Å². The molecule has 5 rings (SSSR count). The lowest BCUT2D eigenvalue weighted by Gasteiger charge is -2.33. The summed E-state index contributed by atoms with van der Waals surface area (Å²) in [6.45, 7) is 3.20. The summed E-state index contributed by atoms with van der Waals surface area (Å²) in [6, 6.07) is 15.4. The monoisotopic (exact) mass is 346 g/mol. The van der Waals surface area contributed by atoms with E-state index < -0.39 is 0 Å².